The minimum absolute atomic E-state index is 0.0154. The Morgan fingerprint density at radius 1 is 1.06 bits per heavy atom. The summed E-state index contributed by atoms with van der Waals surface area (Å²) in [6, 6.07) is 15.8. The van der Waals surface area contributed by atoms with Gasteiger partial charge in [-0.1, -0.05) is 35.9 Å². The first kappa shape index (κ1) is 24.7. The van der Waals surface area contributed by atoms with E-state index in [9.17, 15) is 4.79 Å². The smallest absolute Gasteiger partial charge is 0.253 e. The number of nitrogens with one attached hydrogen (secondary N) is 2. The van der Waals surface area contributed by atoms with Crippen LogP contribution in [-0.2, 0) is 6.42 Å². The van der Waals surface area contributed by atoms with E-state index in [1.54, 1.807) is 19.0 Å². The van der Waals surface area contributed by atoms with E-state index < -0.39 is 0 Å². The Morgan fingerprint density at radius 2 is 1.77 bits per heavy atom. The van der Waals surface area contributed by atoms with E-state index in [0.717, 1.165) is 36.1 Å². The zero-order valence-corrected chi connectivity index (χ0v) is 19.9. The van der Waals surface area contributed by atoms with Gasteiger partial charge in [0.15, 0.2) is 5.96 Å². The minimum Gasteiger partial charge on any atom is -0.357 e. The lowest BCUT2D eigenvalue weighted by Gasteiger charge is -2.24. The summed E-state index contributed by atoms with van der Waals surface area (Å²) >= 11 is 6.03. The highest BCUT2D eigenvalue weighted by atomic mass is 35.5. The first-order chi connectivity index (χ1) is 14.8. The van der Waals surface area contributed by atoms with Crippen molar-refractivity contribution in [1.82, 2.24) is 20.4 Å². The van der Waals surface area contributed by atoms with Gasteiger partial charge in [-0.05, 0) is 62.8 Å². The number of rotatable bonds is 9. The molecule has 7 heteroatoms. The molecule has 31 heavy (non-hydrogen) atoms. The molecule has 2 aromatic carbocycles. The van der Waals surface area contributed by atoms with E-state index in [-0.39, 0.29) is 11.9 Å². The SMILES string of the molecule is CCNC(=NCC(c1ccc(Cl)cc1)N(C)C)NCCc1cccc(C(=O)N(C)C)c1. The second-order valence-electron chi connectivity index (χ2n) is 7.83. The van der Waals surface area contributed by atoms with Crippen LogP contribution in [0.1, 0.15) is 34.5 Å². The zero-order chi connectivity index (χ0) is 22.8. The molecule has 0 aromatic heterocycles. The first-order valence-electron chi connectivity index (χ1n) is 10.6. The maximum Gasteiger partial charge on any atom is 0.253 e. The molecule has 0 spiro atoms. The van der Waals surface area contributed by atoms with E-state index in [1.807, 2.05) is 48.5 Å². The fourth-order valence-corrected chi connectivity index (χ4v) is 3.34. The van der Waals surface area contributed by atoms with Gasteiger partial charge >= 0.3 is 0 Å². The predicted octanol–water partition coefficient (Wildman–Crippen LogP) is 3.44. The summed E-state index contributed by atoms with van der Waals surface area (Å²) in [6.07, 6.45) is 0.799. The van der Waals surface area contributed by atoms with Gasteiger partial charge in [0.1, 0.15) is 0 Å². The molecule has 1 unspecified atom stereocenters. The number of nitrogens with zero attached hydrogens (tertiary/aromatic N) is 3. The predicted molar refractivity (Wildman–Crippen MR) is 130 cm³/mol. The highest BCUT2D eigenvalue weighted by Gasteiger charge is 2.14. The molecular formula is C24H34ClN5O. The van der Waals surface area contributed by atoms with E-state index in [1.165, 1.54) is 5.56 Å². The van der Waals surface area contributed by atoms with Crippen molar-refractivity contribution in [3.63, 3.8) is 0 Å². The van der Waals surface area contributed by atoms with Crippen LogP contribution in [0.2, 0.25) is 5.02 Å². The zero-order valence-electron chi connectivity index (χ0n) is 19.2. The molecule has 2 N–H and O–H groups in total. The summed E-state index contributed by atoms with van der Waals surface area (Å²) in [5, 5.41) is 7.44. The highest BCUT2D eigenvalue weighted by molar-refractivity contribution is 6.30. The lowest BCUT2D eigenvalue weighted by molar-refractivity contribution is 0.0827. The molecular weight excluding hydrogens is 410 g/mol. The van der Waals surface area contributed by atoms with Crippen LogP contribution >= 0.6 is 11.6 Å². The molecule has 0 bridgehead atoms. The molecule has 0 fully saturated rings. The molecule has 1 amide bonds. The van der Waals surface area contributed by atoms with E-state index in [2.05, 4.69) is 36.6 Å². The third-order valence-electron chi connectivity index (χ3n) is 4.93. The molecule has 2 aromatic rings. The van der Waals surface area contributed by atoms with Gasteiger partial charge in [-0.15, -0.1) is 0 Å². The van der Waals surface area contributed by atoms with Gasteiger partial charge in [0.05, 0.1) is 12.6 Å². The minimum atomic E-state index is 0.0154. The molecule has 0 aliphatic rings. The van der Waals surface area contributed by atoms with Crippen molar-refractivity contribution < 1.29 is 4.79 Å². The highest BCUT2D eigenvalue weighted by Crippen LogP contribution is 2.20. The molecule has 0 saturated heterocycles. The van der Waals surface area contributed by atoms with Crippen LogP contribution in [0, 0.1) is 0 Å². The van der Waals surface area contributed by atoms with Crippen molar-refractivity contribution in [2.75, 3.05) is 47.8 Å². The number of likely N-dealkylation sites (N-methyl/N-ethyl adjacent to an activating group) is 1. The average Bonchev–Trinajstić information content (AvgIpc) is 2.74. The third-order valence-corrected chi connectivity index (χ3v) is 5.18. The lowest BCUT2D eigenvalue weighted by atomic mass is 10.1. The van der Waals surface area contributed by atoms with Crippen molar-refractivity contribution in [3.05, 3.63) is 70.2 Å². The maximum atomic E-state index is 12.2. The summed E-state index contributed by atoms with van der Waals surface area (Å²) in [7, 11) is 7.63. The van der Waals surface area contributed by atoms with Crippen LogP contribution in [0.5, 0.6) is 0 Å². The number of aliphatic imine (C=N–C) groups is 1. The number of hydrogen-bond donors (Lipinski definition) is 2. The largest absolute Gasteiger partial charge is 0.357 e. The van der Waals surface area contributed by atoms with E-state index >= 15 is 0 Å². The molecule has 0 aliphatic carbocycles. The summed E-state index contributed by atoms with van der Waals surface area (Å²) in [6.45, 7) is 4.18. The molecule has 1 atom stereocenters. The van der Waals surface area contributed by atoms with Gasteiger partial charge < -0.3 is 20.4 Å². The Balaban J connectivity index is 2.00. The maximum absolute atomic E-state index is 12.2. The Hall–Kier alpha value is -2.57. The quantitative estimate of drug-likeness (QED) is 0.460. The molecule has 0 aliphatic heterocycles. The van der Waals surface area contributed by atoms with Crippen LogP contribution in [0.4, 0.5) is 0 Å². The Morgan fingerprint density at radius 3 is 2.39 bits per heavy atom. The molecule has 0 heterocycles. The number of guanidine groups is 1. The van der Waals surface area contributed by atoms with Crippen LogP contribution in [0.15, 0.2) is 53.5 Å². The summed E-state index contributed by atoms with van der Waals surface area (Å²) in [4.78, 5) is 20.7. The number of hydrogen-bond acceptors (Lipinski definition) is 3. The third kappa shape index (κ3) is 7.89. The van der Waals surface area contributed by atoms with Crippen molar-refractivity contribution in [1.29, 1.82) is 0 Å². The number of carbonyl (C=O) groups excluding carboxylic acids is 1. The second-order valence-corrected chi connectivity index (χ2v) is 8.26. The van der Waals surface area contributed by atoms with Gasteiger partial charge in [-0.25, -0.2) is 0 Å². The van der Waals surface area contributed by atoms with Gasteiger partial charge in [-0.2, -0.15) is 0 Å². The molecule has 0 radical (unpaired) electrons. The van der Waals surface area contributed by atoms with Crippen molar-refractivity contribution in [2.45, 2.75) is 19.4 Å². The Labute approximate surface area is 191 Å². The second kappa shape index (κ2) is 12.3. The number of halogens is 1. The van der Waals surface area contributed by atoms with Gasteiger partial charge in [0.25, 0.3) is 5.91 Å². The van der Waals surface area contributed by atoms with Crippen molar-refractivity contribution >= 4 is 23.5 Å². The van der Waals surface area contributed by atoms with Crippen LogP contribution in [0.3, 0.4) is 0 Å². The number of benzene rings is 2. The summed E-state index contributed by atoms with van der Waals surface area (Å²) in [5.74, 6) is 0.797. The summed E-state index contributed by atoms with van der Waals surface area (Å²) < 4.78 is 0. The molecule has 0 saturated carbocycles. The summed E-state index contributed by atoms with van der Waals surface area (Å²) in [5.41, 5.74) is 3.00. The monoisotopic (exact) mass is 443 g/mol. The first-order valence-corrected chi connectivity index (χ1v) is 10.9. The normalized spacial score (nSPS) is 12.5. The Kier molecular flexibility index (Phi) is 9.82. The average molecular weight is 444 g/mol. The van der Waals surface area contributed by atoms with Gasteiger partial charge in [0.2, 0.25) is 0 Å². The Bertz CT molecular complexity index is 865. The molecule has 2 rings (SSSR count). The standard InChI is InChI=1S/C24H34ClN5O/c1-6-26-24(28-17-22(29(2)3)19-10-12-21(25)13-11-19)27-15-14-18-8-7-9-20(16-18)23(31)30(4)5/h7-13,16,22H,6,14-15,17H2,1-5H3,(H2,26,27,28). The van der Waals surface area contributed by atoms with E-state index in [4.69, 9.17) is 16.6 Å². The van der Waals surface area contributed by atoms with Gasteiger partial charge in [0, 0.05) is 37.8 Å². The fourth-order valence-electron chi connectivity index (χ4n) is 3.21. The fraction of sp³-hybridized carbons (Fsp3) is 0.417. The lowest BCUT2D eigenvalue weighted by Crippen LogP contribution is -2.39. The van der Waals surface area contributed by atoms with Gasteiger partial charge in [-0.3, -0.25) is 9.79 Å². The number of amides is 1. The van der Waals surface area contributed by atoms with Crippen LogP contribution in [-0.4, -0.2) is 69.5 Å². The van der Waals surface area contributed by atoms with Crippen molar-refractivity contribution in [3.8, 4) is 0 Å². The topological polar surface area (TPSA) is 60.0 Å². The van der Waals surface area contributed by atoms with Crippen LogP contribution < -0.4 is 10.6 Å². The molecule has 168 valence electrons. The van der Waals surface area contributed by atoms with Crippen molar-refractivity contribution in [2.24, 2.45) is 4.99 Å². The molecule has 6 nitrogen and oxygen atoms in total. The van der Waals surface area contributed by atoms with Crippen LogP contribution in [0.25, 0.3) is 0 Å². The van der Waals surface area contributed by atoms with E-state index in [0.29, 0.717) is 12.1 Å². The number of carbonyl (C=O) groups is 1.